The van der Waals surface area contributed by atoms with Gasteiger partial charge in [0.1, 0.15) is 5.82 Å². The zero-order valence-corrected chi connectivity index (χ0v) is 11.1. The number of rotatable bonds is 4. The summed E-state index contributed by atoms with van der Waals surface area (Å²) in [6.45, 7) is 4.71. The molecule has 0 aliphatic carbocycles. The molecule has 0 spiro atoms. The van der Waals surface area contributed by atoms with Crippen LogP contribution in [0.4, 0.5) is 14.9 Å². The van der Waals surface area contributed by atoms with Gasteiger partial charge < -0.3 is 15.7 Å². The van der Waals surface area contributed by atoms with Crippen molar-refractivity contribution in [2.45, 2.75) is 20.8 Å². The monoisotopic (exact) mass is 268 g/mol. The predicted molar refractivity (Wildman–Crippen MR) is 69.6 cm³/mol. The molecule has 6 heteroatoms. The van der Waals surface area contributed by atoms with Crippen molar-refractivity contribution < 1.29 is 19.1 Å². The molecule has 0 bridgehead atoms. The molecule has 0 fully saturated rings. The molecule has 0 radical (unpaired) electrons. The molecule has 1 rings (SSSR count). The highest BCUT2D eigenvalue weighted by Crippen LogP contribution is 2.16. The third kappa shape index (κ3) is 4.24. The molecule has 0 aliphatic rings. The molecule has 1 aromatic carbocycles. The highest BCUT2D eigenvalue weighted by atomic mass is 19.1. The van der Waals surface area contributed by atoms with E-state index in [9.17, 15) is 14.0 Å². The fraction of sp³-hybridized carbons (Fsp3) is 0.385. The van der Waals surface area contributed by atoms with Gasteiger partial charge in [0.05, 0.1) is 5.41 Å². The molecule has 0 unspecified atom stereocenters. The smallest absolute Gasteiger partial charge is 0.319 e. The van der Waals surface area contributed by atoms with E-state index in [0.717, 1.165) is 0 Å². The fourth-order valence-electron chi connectivity index (χ4n) is 1.27. The standard InChI is InChI=1S/C13H17FN2O3/c1-8-4-5-9(14)6-10(8)16-12(19)15-7-13(2,3)11(17)18/h4-6H,7H2,1-3H3,(H,17,18)(H2,15,16,19). The van der Waals surface area contributed by atoms with Gasteiger partial charge in [0.2, 0.25) is 0 Å². The van der Waals surface area contributed by atoms with E-state index >= 15 is 0 Å². The summed E-state index contributed by atoms with van der Waals surface area (Å²) in [5.41, 5.74) is 0.00796. The minimum Gasteiger partial charge on any atom is -0.481 e. The number of hydrogen-bond acceptors (Lipinski definition) is 2. The first-order chi connectivity index (χ1) is 8.72. The molecule has 19 heavy (non-hydrogen) atoms. The molecule has 0 aromatic heterocycles. The SMILES string of the molecule is Cc1ccc(F)cc1NC(=O)NCC(C)(C)C(=O)O. The van der Waals surface area contributed by atoms with Crippen LogP contribution in [0, 0.1) is 18.2 Å². The Hall–Kier alpha value is -2.11. The summed E-state index contributed by atoms with van der Waals surface area (Å²) in [7, 11) is 0. The minimum absolute atomic E-state index is 0.0253. The van der Waals surface area contributed by atoms with Crippen LogP contribution in [0.15, 0.2) is 18.2 Å². The van der Waals surface area contributed by atoms with Gasteiger partial charge in [0, 0.05) is 12.2 Å². The average molecular weight is 268 g/mol. The van der Waals surface area contributed by atoms with Gasteiger partial charge in [0.15, 0.2) is 0 Å². The number of hydrogen-bond donors (Lipinski definition) is 3. The number of carbonyl (C=O) groups is 2. The van der Waals surface area contributed by atoms with Crippen LogP contribution in [0.2, 0.25) is 0 Å². The van der Waals surface area contributed by atoms with Crippen molar-refractivity contribution in [1.29, 1.82) is 0 Å². The van der Waals surface area contributed by atoms with E-state index in [-0.39, 0.29) is 6.54 Å². The van der Waals surface area contributed by atoms with E-state index in [1.807, 2.05) is 0 Å². The lowest BCUT2D eigenvalue weighted by molar-refractivity contribution is -0.146. The number of urea groups is 1. The highest BCUT2D eigenvalue weighted by molar-refractivity contribution is 5.90. The van der Waals surface area contributed by atoms with E-state index < -0.39 is 23.2 Å². The van der Waals surface area contributed by atoms with Crippen LogP contribution in [0.1, 0.15) is 19.4 Å². The van der Waals surface area contributed by atoms with Crippen molar-refractivity contribution in [2.75, 3.05) is 11.9 Å². The van der Waals surface area contributed by atoms with E-state index in [4.69, 9.17) is 5.11 Å². The maximum Gasteiger partial charge on any atom is 0.319 e. The fourth-order valence-corrected chi connectivity index (χ4v) is 1.27. The van der Waals surface area contributed by atoms with E-state index in [0.29, 0.717) is 11.3 Å². The number of aryl methyl sites for hydroxylation is 1. The number of amides is 2. The lowest BCUT2D eigenvalue weighted by Gasteiger charge is -2.19. The average Bonchev–Trinajstić information content (AvgIpc) is 2.31. The summed E-state index contributed by atoms with van der Waals surface area (Å²) >= 11 is 0. The molecule has 0 atom stereocenters. The summed E-state index contributed by atoms with van der Waals surface area (Å²) in [6.07, 6.45) is 0. The number of carboxylic acids is 1. The Labute approximate surface area is 110 Å². The molecular weight excluding hydrogens is 251 g/mol. The molecule has 0 saturated heterocycles. The second-order valence-electron chi connectivity index (χ2n) is 4.96. The molecule has 0 saturated carbocycles. The van der Waals surface area contributed by atoms with Crippen molar-refractivity contribution in [3.8, 4) is 0 Å². The molecule has 2 amide bonds. The van der Waals surface area contributed by atoms with Crippen LogP contribution < -0.4 is 10.6 Å². The van der Waals surface area contributed by atoms with Crippen molar-refractivity contribution in [1.82, 2.24) is 5.32 Å². The first-order valence-corrected chi connectivity index (χ1v) is 5.77. The number of benzene rings is 1. The Morgan fingerprint density at radius 3 is 2.58 bits per heavy atom. The molecule has 3 N–H and O–H groups in total. The Morgan fingerprint density at radius 2 is 2.00 bits per heavy atom. The number of anilines is 1. The first kappa shape index (κ1) is 14.9. The van der Waals surface area contributed by atoms with Crippen LogP contribution in [0.5, 0.6) is 0 Å². The van der Waals surface area contributed by atoms with Gasteiger partial charge >= 0.3 is 12.0 Å². The zero-order valence-electron chi connectivity index (χ0n) is 11.1. The van der Waals surface area contributed by atoms with Gasteiger partial charge in [-0.2, -0.15) is 0 Å². The molecule has 0 heterocycles. The first-order valence-electron chi connectivity index (χ1n) is 5.77. The van der Waals surface area contributed by atoms with Crippen molar-refractivity contribution in [3.05, 3.63) is 29.6 Å². The lowest BCUT2D eigenvalue weighted by atomic mass is 9.94. The molecule has 104 valence electrons. The Bertz CT molecular complexity index is 501. The maximum atomic E-state index is 13.0. The number of aliphatic carboxylic acids is 1. The predicted octanol–water partition coefficient (Wildman–Crippen LogP) is 2.37. The molecule has 5 nitrogen and oxygen atoms in total. The largest absolute Gasteiger partial charge is 0.481 e. The number of nitrogens with one attached hydrogen (secondary N) is 2. The summed E-state index contributed by atoms with van der Waals surface area (Å²) in [6, 6.07) is 3.48. The molecular formula is C13H17FN2O3. The summed E-state index contributed by atoms with van der Waals surface area (Å²) < 4.78 is 13.0. The van der Waals surface area contributed by atoms with Gasteiger partial charge in [-0.3, -0.25) is 4.79 Å². The third-order valence-corrected chi connectivity index (χ3v) is 2.72. The Morgan fingerprint density at radius 1 is 1.37 bits per heavy atom. The van der Waals surface area contributed by atoms with Gasteiger partial charge in [-0.05, 0) is 38.5 Å². The molecule has 0 aliphatic heterocycles. The second kappa shape index (κ2) is 5.69. The van der Waals surface area contributed by atoms with Crippen molar-refractivity contribution in [2.24, 2.45) is 5.41 Å². The van der Waals surface area contributed by atoms with Crippen molar-refractivity contribution >= 4 is 17.7 Å². The molecule has 1 aromatic rings. The van der Waals surface area contributed by atoms with Crippen molar-refractivity contribution in [3.63, 3.8) is 0 Å². The van der Waals surface area contributed by atoms with Crippen LogP contribution in [-0.4, -0.2) is 23.7 Å². The van der Waals surface area contributed by atoms with Gasteiger partial charge in [-0.25, -0.2) is 9.18 Å². The summed E-state index contributed by atoms with van der Waals surface area (Å²) in [5.74, 6) is -1.46. The topological polar surface area (TPSA) is 78.4 Å². The third-order valence-electron chi connectivity index (χ3n) is 2.72. The van der Waals surface area contributed by atoms with E-state index in [1.54, 1.807) is 13.0 Å². The van der Waals surface area contributed by atoms with Gasteiger partial charge in [-0.1, -0.05) is 6.07 Å². The number of carbonyl (C=O) groups excluding carboxylic acids is 1. The van der Waals surface area contributed by atoms with Gasteiger partial charge in [-0.15, -0.1) is 0 Å². The van der Waals surface area contributed by atoms with E-state index in [2.05, 4.69) is 10.6 Å². The van der Waals surface area contributed by atoms with Crippen LogP contribution in [0.25, 0.3) is 0 Å². The normalized spacial score (nSPS) is 10.9. The Kier molecular flexibility index (Phi) is 4.47. The number of halogens is 1. The summed E-state index contributed by atoms with van der Waals surface area (Å²) in [5, 5.41) is 13.8. The minimum atomic E-state index is -1.06. The van der Waals surface area contributed by atoms with Crippen LogP contribution in [0.3, 0.4) is 0 Å². The van der Waals surface area contributed by atoms with Crippen LogP contribution >= 0.6 is 0 Å². The quantitative estimate of drug-likeness (QED) is 0.784. The summed E-state index contributed by atoms with van der Waals surface area (Å²) in [4.78, 5) is 22.5. The highest BCUT2D eigenvalue weighted by Gasteiger charge is 2.27. The van der Waals surface area contributed by atoms with Crippen LogP contribution in [-0.2, 0) is 4.79 Å². The zero-order chi connectivity index (χ0) is 14.6. The lowest BCUT2D eigenvalue weighted by Crippen LogP contribution is -2.40. The number of carboxylic acid groups (broad SMARTS) is 1. The Balaban J connectivity index is 2.61. The van der Waals surface area contributed by atoms with E-state index in [1.165, 1.54) is 26.0 Å². The van der Waals surface area contributed by atoms with Gasteiger partial charge in [0.25, 0.3) is 0 Å². The second-order valence-corrected chi connectivity index (χ2v) is 4.96. The maximum absolute atomic E-state index is 13.0.